The number of rotatable bonds is 2. The highest BCUT2D eigenvalue weighted by atomic mass is 19.1. The number of imidazole rings is 1. The highest BCUT2D eigenvalue weighted by Crippen LogP contribution is 2.44. The maximum absolute atomic E-state index is 14.2. The molecular weight excluding hydrogens is 364 g/mol. The lowest BCUT2D eigenvalue weighted by atomic mass is 9.89. The predicted octanol–water partition coefficient (Wildman–Crippen LogP) is 3.46. The van der Waals surface area contributed by atoms with Gasteiger partial charge in [0, 0.05) is 23.5 Å². The third kappa shape index (κ3) is 2.41. The summed E-state index contributed by atoms with van der Waals surface area (Å²) in [6, 6.07) is 7.94. The van der Waals surface area contributed by atoms with Crippen molar-refractivity contribution < 1.29 is 8.78 Å². The third-order valence-corrected chi connectivity index (χ3v) is 5.18. The lowest BCUT2D eigenvalue weighted by molar-refractivity contribution is 0.478. The first-order valence-electron chi connectivity index (χ1n) is 8.76. The lowest BCUT2D eigenvalue weighted by Crippen LogP contribution is -2.31. The summed E-state index contributed by atoms with van der Waals surface area (Å²) in [6.45, 7) is 1.87. The monoisotopic (exact) mass is 379 g/mol. The van der Waals surface area contributed by atoms with Crippen molar-refractivity contribution in [2.75, 3.05) is 5.32 Å². The van der Waals surface area contributed by atoms with Crippen LogP contribution in [0.2, 0.25) is 0 Å². The van der Waals surface area contributed by atoms with Crippen LogP contribution in [0.3, 0.4) is 0 Å². The zero-order valence-corrected chi connectivity index (χ0v) is 14.8. The summed E-state index contributed by atoms with van der Waals surface area (Å²) >= 11 is 0. The van der Waals surface area contributed by atoms with Gasteiger partial charge < -0.3 is 9.88 Å². The Morgan fingerprint density at radius 3 is 2.61 bits per heavy atom. The molecule has 0 fully saturated rings. The Balaban J connectivity index is 1.82. The normalized spacial score (nSPS) is 18.2. The highest BCUT2D eigenvalue weighted by Gasteiger charge is 2.35. The summed E-state index contributed by atoms with van der Waals surface area (Å²) in [7, 11) is 0. The molecule has 2 aromatic carbocycles. The van der Waals surface area contributed by atoms with E-state index in [-0.39, 0.29) is 23.3 Å². The maximum atomic E-state index is 14.2. The van der Waals surface area contributed by atoms with Gasteiger partial charge >= 0.3 is 0 Å². The molecule has 0 spiro atoms. The number of aromatic amines is 1. The first kappa shape index (κ1) is 16.6. The van der Waals surface area contributed by atoms with Gasteiger partial charge in [0.25, 0.3) is 5.56 Å². The molecule has 2 aromatic heterocycles. The first-order valence-corrected chi connectivity index (χ1v) is 8.76. The number of nitrogens with one attached hydrogen (secondary N) is 2. The Labute approximate surface area is 157 Å². The lowest BCUT2D eigenvalue weighted by Gasteiger charge is -2.35. The summed E-state index contributed by atoms with van der Waals surface area (Å²) in [6.07, 6.45) is 3.51. The highest BCUT2D eigenvalue weighted by molar-refractivity contribution is 5.97. The molecule has 1 aliphatic heterocycles. The van der Waals surface area contributed by atoms with Crippen molar-refractivity contribution in [3.8, 4) is 0 Å². The Bertz CT molecular complexity index is 1260. The van der Waals surface area contributed by atoms with E-state index in [4.69, 9.17) is 0 Å². The Kier molecular flexibility index (Phi) is 3.55. The fraction of sp³-hybridized carbons (Fsp3) is 0.150. The van der Waals surface area contributed by atoms with Gasteiger partial charge in [-0.3, -0.25) is 4.79 Å². The van der Waals surface area contributed by atoms with Crippen molar-refractivity contribution in [1.29, 1.82) is 0 Å². The molecule has 2 unspecified atom stereocenters. The Morgan fingerprint density at radius 2 is 1.89 bits per heavy atom. The number of anilines is 1. The molecule has 140 valence electrons. The van der Waals surface area contributed by atoms with E-state index in [1.807, 2.05) is 17.7 Å². The van der Waals surface area contributed by atoms with Gasteiger partial charge in [0.2, 0.25) is 0 Å². The van der Waals surface area contributed by atoms with E-state index in [9.17, 15) is 13.6 Å². The Morgan fingerprint density at radius 1 is 1.11 bits per heavy atom. The smallest absolute Gasteiger partial charge is 0.272 e. The van der Waals surface area contributed by atoms with E-state index in [0.29, 0.717) is 16.8 Å². The molecule has 6 nitrogen and oxygen atoms in total. The molecule has 2 atom stereocenters. The molecular formula is C20H15F2N5O. The minimum atomic E-state index is -0.521. The molecule has 5 rings (SSSR count). The van der Waals surface area contributed by atoms with E-state index in [2.05, 4.69) is 20.5 Å². The summed E-state index contributed by atoms with van der Waals surface area (Å²) in [4.78, 5) is 16.6. The van der Waals surface area contributed by atoms with Crippen LogP contribution in [0.15, 0.2) is 53.6 Å². The van der Waals surface area contributed by atoms with Crippen LogP contribution in [0.25, 0.3) is 10.8 Å². The van der Waals surface area contributed by atoms with E-state index in [0.717, 1.165) is 11.4 Å². The minimum Gasteiger partial charge on any atom is -0.375 e. The molecule has 0 saturated heterocycles. The van der Waals surface area contributed by atoms with Crippen LogP contribution in [0.1, 0.15) is 29.2 Å². The number of hydrogen-bond acceptors (Lipinski definition) is 4. The number of nitrogens with zero attached hydrogens (tertiary/aromatic N) is 3. The number of aryl methyl sites for hydroxylation is 1. The van der Waals surface area contributed by atoms with Gasteiger partial charge in [-0.25, -0.2) is 18.9 Å². The van der Waals surface area contributed by atoms with Gasteiger partial charge in [-0.15, -0.1) is 0 Å². The number of H-pyrrole nitrogens is 1. The third-order valence-electron chi connectivity index (χ3n) is 5.18. The second-order valence-corrected chi connectivity index (χ2v) is 6.81. The van der Waals surface area contributed by atoms with Crippen LogP contribution in [-0.4, -0.2) is 19.7 Å². The van der Waals surface area contributed by atoms with Crippen LogP contribution >= 0.6 is 0 Å². The van der Waals surface area contributed by atoms with Crippen LogP contribution < -0.4 is 10.9 Å². The molecule has 3 heterocycles. The van der Waals surface area contributed by atoms with Crippen molar-refractivity contribution in [2.24, 2.45) is 0 Å². The number of halogens is 2. The van der Waals surface area contributed by atoms with E-state index < -0.39 is 11.4 Å². The van der Waals surface area contributed by atoms with Crippen LogP contribution in [0.5, 0.6) is 0 Å². The van der Waals surface area contributed by atoms with Crippen LogP contribution in [-0.2, 0) is 0 Å². The van der Waals surface area contributed by atoms with Gasteiger partial charge in [0.1, 0.15) is 23.5 Å². The van der Waals surface area contributed by atoms with Crippen molar-refractivity contribution in [3.63, 3.8) is 0 Å². The fourth-order valence-electron chi connectivity index (χ4n) is 3.93. The average Bonchev–Trinajstić information content (AvgIpc) is 3.10. The molecule has 0 aliphatic carbocycles. The molecule has 0 bridgehead atoms. The molecule has 4 aromatic rings. The standard InChI is InChI=1S/C20H15F2N5O/c1-10-23-6-7-27(10)19-17(11-2-4-12(21)5-3-11)24-15-9-13(22)8-14-16(15)18(19)25-26-20(14)28/h2-9,17,19,24H,1H3,(H,26,28). The minimum absolute atomic E-state index is 0.229. The number of benzene rings is 2. The quantitative estimate of drug-likeness (QED) is 0.559. The molecule has 1 aliphatic rings. The van der Waals surface area contributed by atoms with Crippen molar-refractivity contribution in [1.82, 2.24) is 19.7 Å². The molecule has 8 heteroatoms. The van der Waals surface area contributed by atoms with Gasteiger partial charge in [-0.2, -0.15) is 5.10 Å². The molecule has 28 heavy (non-hydrogen) atoms. The van der Waals surface area contributed by atoms with Gasteiger partial charge in [0.15, 0.2) is 0 Å². The topological polar surface area (TPSA) is 75.6 Å². The van der Waals surface area contributed by atoms with Crippen molar-refractivity contribution in [2.45, 2.75) is 19.0 Å². The second-order valence-electron chi connectivity index (χ2n) is 6.81. The first-order chi connectivity index (χ1) is 13.5. The van der Waals surface area contributed by atoms with E-state index in [1.54, 1.807) is 18.3 Å². The molecule has 0 amide bonds. The van der Waals surface area contributed by atoms with Crippen molar-refractivity contribution >= 4 is 16.5 Å². The van der Waals surface area contributed by atoms with E-state index in [1.165, 1.54) is 24.3 Å². The zero-order chi connectivity index (χ0) is 19.4. The summed E-state index contributed by atoms with van der Waals surface area (Å²) in [5.41, 5.74) is 1.42. The van der Waals surface area contributed by atoms with Crippen LogP contribution in [0.4, 0.5) is 14.5 Å². The summed E-state index contributed by atoms with van der Waals surface area (Å²) < 4.78 is 29.6. The zero-order valence-electron chi connectivity index (χ0n) is 14.8. The summed E-state index contributed by atoms with van der Waals surface area (Å²) in [5.74, 6) is -0.107. The second kappa shape index (κ2) is 5.98. The fourth-order valence-corrected chi connectivity index (χ4v) is 3.93. The van der Waals surface area contributed by atoms with E-state index >= 15 is 0 Å². The number of hydrogen-bond donors (Lipinski definition) is 2. The van der Waals surface area contributed by atoms with Gasteiger partial charge in [-0.1, -0.05) is 12.1 Å². The molecule has 0 radical (unpaired) electrons. The number of aromatic nitrogens is 4. The molecule has 2 N–H and O–H groups in total. The SMILES string of the molecule is Cc1nccn1C1c2n[nH]c(=O)c3cc(F)cc(c23)NC1c1ccc(F)cc1. The molecule has 0 saturated carbocycles. The summed E-state index contributed by atoms with van der Waals surface area (Å²) in [5, 5.41) is 10.9. The Hall–Kier alpha value is -3.55. The van der Waals surface area contributed by atoms with Crippen molar-refractivity contribution in [3.05, 3.63) is 87.9 Å². The largest absolute Gasteiger partial charge is 0.375 e. The van der Waals surface area contributed by atoms with Gasteiger partial charge in [-0.05, 0) is 36.8 Å². The average molecular weight is 379 g/mol. The van der Waals surface area contributed by atoms with Crippen LogP contribution in [0, 0.1) is 18.6 Å². The predicted molar refractivity (Wildman–Crippen MR) is 100 cm³/mol. The maximum Gasteiger partial charge on any atom is 0.272 e. The van der Waals surface area contributed by atoms with Gasteiger partial charge in [0.05, 0.1) is 17.1 Å².